The third-order valence-electron chi connectivity index (χ3n) is 5.52. The molecule has 1 fully saturated rings. The highest BCUT2D eigenvalue weighted by Crippen LogP contribution is 2.33. The van der Waals surface area contributed by atoms with Gasteiger partial charge in [0.2, 0.25) is 21.8 Å². The molecule has 0 aliphatic carbocycles. The fourth-order valence-corrected chi connectivity index (χ4v) is 4.72. The summed E-state index contributed by atoms with van der Waals surface area (Å²) in [7, 11) is -4.18. The summed E-state index contributed by atoms with van der Waals surface area (Å²) in [6.07, 6.45) is 2.29. The molecule has 1 heterocycles. The van der Waals surface area contributed by atoms with E-state index in [1.54, 1.807) is 53.4 Å². The fraction of sp³-hybridized carbons (Fsp3) is 0.200. The number of carbonyl (C=O) groups is 2. The highest BCUT2D eigenvalue weighted by atomic mass is 35.5. The number of ether oxygens (including phenoxy) is 1. The summed E-state index contributed by atoms with van der Waals surface area (Å²) in [5.74, 6) is 0.0153. The summed E-state index contributed by atoms with van der Waals surface area (Å²) in [5, 5.41) is 8.55. The third kappa shape index (κ3) is 6.19. The lowest BCUT2D eigenvalue weighted by Gasteiger charge is -2.27. The first-order chi connectivity index (χ1) is 16.7. The van der Waals surface area contributed by atoms with E-state index in [-0.39, 0.29) is 34.6 Å². The van der Waals surface area contributed by atoms with E-state index in [2.05, 4.69) is 5.32 Å². The van der Waals surface area contributed by atoms with Crippen LogP contribution < -0.4 is 20.1 Å². The Labute approximate surface area is 208 Å². The molecule has 182 valence electrons. The summed E-state index contributed by atoms with van der Waals surface area (Å²) in [5.41, 5.74) is 1.56. The largest absolute Gasteiger partial charge is 0.456 e. The van der Waals surface area contributed by atoms with Gasteiger partial charge in [0.25, 0.3) is 0 Å². The van der Waals surface area contributed by atoms with Crippen LogP contribution in [0.3, 0.4) is 0 Å². The molecule has 3 N–H and O–H groups in total. The smallest absolute Gasteiger partial charge is 0.241 e. The van der Waals surface area contributed by atoms with Crippen LogP contribution in [-0.2, 0) is 26.0 Å². The molecule has 35 heavy (non-hydrogen) atoms. The van der Waals surface area contributed by atoms with Gasteiger partial charge in [-0.3, -0.25) is 9.59 Å². The van der Waals surface area contributed by atoms with Crippen LogP contribution in [0.1, 0.15) is 24.8 Å². The minimum atomic E-state index is -4.18. The van der Waals surface area contributed by atoms with Gasteiger partial charge in [-0.2, -0.15) is 0 Å². The third-order valence-corrected chi connectivity index (χ3v) is 6.82. The van der Waals surface area contributed by atoms with Crippen molar-refractivity contribution in [3.8, 4) is 11.5 Å². The van der Waals surface area contributed by atoms with Gasteiger partial charge in [-0.25, -0.2) is 13.6 Å². The normalized spacial score (nSPS) is 14.0. The Kier molecular flexibility index (Phi) is 7.39. The maximum Gasteiger partial charge on any atom is 0.241 e. The first-order valence-electron chi connectivity index (χ1n) is 11.0. The summed E-state index contributed by atoms with van der Waals surface area (Å²) >= 11 is 6.11. The average molecular weight is 514 g/mol. The molecule has 8 nitrogen and oxygen atoms in total. The standard InChI is InChI=1S/C25H24ClN3O5S/c26-21-9-2-1-6-17(21)14-24(30)28-18-11-12-22(23(15-18)35(27,32)33)34-20-8-5-7-19(16-20)29-13-4-3-10-25(29)31/h1-2,5-9,11-12,15-16H,3-4,10,13-14H2,(H,28,30)(H2,27,32,33). The van der Waals surface area contributed by atoms with Crippen molar-refractivity contribution in [3.05, 3.63) is 77.3 Å². The van der Waals surface area contributed by atoms with E-state index < -0.39 is 10.0 Å². The second-order valence-electron chi connectivity index (χ2n) is 8.12. The maximum atomic E-state index is 12.5. The first kappa shape index (κ1) is 24.7. The second-order valence-corrected chi connectivity index (χ2v) is 10.1. The molecular formula is C25H24ClN3O5S. The van der Waals surface area contributed by atoms with Gasteiger partial charge in [-0.1, -0.05) is 35.9 Å². The quantitative estimate of drug-likeness (QED) is 0.483. The Morgan fingerprint density at radius 1 is 1.06 bits per heavy atom. The van der Waals surface area contributed by atoms with E-state index in [1.807, 2.05) is 0 Å². The topological polar surface area (TPSA) is 119 Å². The van der Waals surface area contributed by atoms with Crippen LogP contribution in [0.15, 0.2) is 71.6 Å². The van der Waals surface area contributed by atoms with Gasteiger partial charge in [0.1, 0.15) is 16.4 Å². The zero-order valence-electron chi connectivity index (χ0n) is 18.7. The molecule has 0 aromatic heterocycles. The Balaban J connectivity index is 1.55. The predicted octanol–water partition coefficient (Wildman–Crippen LogP) is 4.48. The highest BCUT2D eigenvalue weighted by molar-refractivity contribution is 7.89. The summed E-state index contributed by atoms with van der Waals surface area (Å²) in [6.45, 7) is 0.618. The van der Waals surface area contributed by atoms with Crippen LogP contribution in [0.5, 0.6) is 11.5 Å². The van der Waals surface area contributed by atoms with Crippen molar-refractivity contribution in [3.63, 3.8) is 0 Å². The van der Waals surface area contributed by atoms with Crippen LogP contribution in [0.25, 0.3) is 0 Å². The van der Waals surface area contributed by atoms with Gasteiger partial charge in [-0.05, 0) is 54.8 Å². The van der Waals surface area contributed by atoms with Crippen LogP contribution in [0.4, 0.5) is 11.4 Å². The molecule has 1 aliphatic heterocycles. The summed E-state index contributed by atoms with van der Waals surface area (Å²) < 4.78 is 30.4. The first-order valence-corrected chi connectivity index (χ1v) is 12.9. The van der Waals surface area contributed by atoms with E-state index in [4.69, 9.17) is 21.5 Å². The zero-order valence-corrected chi connectivity index (χ0v) is 20.3. The molecule has 0 saturated carbocycles. The molecule has 0 radical (unpaired) electrons. The molecular weight excluding hydrogens is 490 g/mol. The number of rotatable bonds is 7. The number of nitrogens with two attached hydrogens (primary N) is 1. The number of primary sulfonamides is 1. The van der Waals surface area contributed by atoms with E-state index in [0.29, 0.717) is 35.0 Å². The number of benzene rings is 3. The number of hydrogen-bond acceptors (Lipinski definition) is 5. The zero-order chi connectivity index (χ0) is 25.0. The SMILES string of the molecule is NS(=O)(=O)c1cc(NC(=O)Cc2ccccc2Cl)ccc1Oc1cccc(N2CCCCC2=O)c1. The average Bonchev–Trinajstić information content (AvgIpc) is 2.81. The molecule has 0 unspecified atom stereocenters. The van der Waals surface area contributed by atoms with Gasteiger partial charge in [0.05, 0.1) is 6.42 Å². The van der Waals surface area contributed by atoms with Gasteiger partial charge in [0, 0.05) is 35.4 Å². The Morgan fingerprint density at radius 3 is 2.60 bits per heavy atom. The van der Waals surface area contributed by atoms with E-state index in [9.17, 15) is 18.0 Å². The lowest BCUT2D eigenvalue weighted by Crippen LogP contribution is -2.35. The molecule has 10 heteroatoms. The molecule has 1 aliphatic rings. The molecule has 4 rings (SSSR count). The number of halogens is 1. The Bertz CT molecular complexity index is 1380. The van der Waals surface area contributed by atoms with Crippen molar-refractivity contribution in [2.75, 3.05) is 16.8 Å². The van der Waals surface area contributed by atoms with Gasteiger partial charge >= 0.3 is 0 Å². The number of piperidine rings is 1. The number of nitrogens with one attached hydrogen (secondary N) is 1. The predicted molar refractivity (Wildman–Crippen MR) is 134 cm³/mol. The van der Waals surface area contributed by atoms with Crippen LogP contribution >= 0.6 is 11.6 Å². The van der Waals surface area contributed by atoms with Crippen molar-refractivity contribution < 1.29 is 22.7 Å². The minimum Gasteiger partial charge on any atom is -0.456 e. The monoisotopic (exact) mass is 513 g/mol. The second kappa shape index (κ2) is 10.5. The number of carbonyl (C=O) groups excluding carboxylic acids is 2. The number of sulfonamides is 1. The maximum absolute atomic E-state index is 12.5. The Morgan fingerprint density at radius 2 is 1.86 bits per heavy atom. The molecule has 1 saturated heterocycles. The van der Waals surface area contributed by atoms with Gasteiger partial charge in [-0.15, -0.1) is 0 Å². The lowest BCUT2D eigenvalue weighted by atomic mass is 10.1. The van der Waals surface area contributed by atoms with Crippen LogP contribution in [0.2, 0.25) is 5.02 Å². The van der Waals surface area contributed by atoms with Crippen molar-refractivity contribution in [2.45, 2.75) is 30.6 Å². The number of anilines is 2. The number of amides is 2. The lowest BCUT2D eigenvalue weighted by molar-refractivity contribution is -0.119. The van der Waals surface area contributed by atoms with Crippen LogP contribution in [-0.4, -0.2) is 26.8 Å². The van der Waals surface area contributed by atoms with Crippen molar-refractivity contribution in [1.29, 1.82) is 0 Å². The Hall–Kier alpha value is -3.40. The van der Waals surface area contributed by atoms with Crippen LogP contribution in [0, 0.1) is 0 Å². The molecule has 2 amide bonds. The van der Waals surface area contributed by atoms with Crippen molar-refractivity contribution in [1.82, 2.24) is 0 Å². The van der Waals surface area contributed by atoms with Crippen molar-refractivity contribution in [2.24, 2.45) is 5.14 Å². The van der Waals surface area contributed by atoms with E-state index in [1.165, 1.54) is 18.2 Å². The van der Waals surface area contributed by atoms with Gasteiger partial charge in [0.15, 0.2) is 0 Å². The molecule has 0 bridgehead atoms. The van der Waals surface area contributed by atoms with Crippen molar-refractivity contribution >= 4 is 44.8 Å². The number of hydrogen-bond donors (Lipinski definition) is 2. The van der Waals surface area contributed by atoms with E-state index >= 15 is 0 Å². The number of nitrogens with zero attached hydrogens (tertiary/aromatic N) is 1. The van der Waals surface area contributed by atoms with Gasteiger partial charge < -0.3 is 15.0 Å². The van der Waals surface area contributed by atoms with E-state index in [0.717, 1.165) is 12.8 Å². The highest BCUT2D eigenvalue weighted by Gasteiger charge is 2.21. The molecule has 0 atom stereocenters. The minimum absolute atomic E-state index is 0.00118. The fourth-order valence-electron chi connectivity index (χ4n) is 3.83. The molecule has 3 aromatic carbocycles. The molecule has 0 spiro atoms. The summed E-state index contributed by atoms with van der Waals surface area (Å²) in [4.78, 5) is 26.1. The molecule has 3 aromatic rings. The summed E-state index contributed by atoms with van der Waals surface area (Å²) in [6, 6.07) is 18.0.